The summed E-state index contributed by atoms with van der Waals surface area (Å²) in [5.74, 6) is -0.169. The van der Waals surface area contributed by atoms with Crippen molar-refractivity contribution < 1.29 is 9.90 Å². The first kappa shape index (κ1) is 15.0. The fraction of sp³-hybridized carbons (Fsp3) is 0.389. The van der Waals surface area contributed by atoms with E-state index in [2.05, 4.69) is 54.3 Å². The maximum Gasteiger partial charge on any atom is 0.248 e. The first-order valence-electron chi connectivity index (χ1n) is 7.80. The minimum Gasteiger partial charge on any atom is -0.387 e. The van der Waals surface area contributed by atoms with E-state index in [1.54, 1.807) is 4.90 Å². The number of benzene rings is 2. The average Bonchev–Trinajstić information content (AvgIpc) is 2.60. The van der Waals surface area contributed by atoms with Crippen molar-refractivity contribution in [3.05, 3.63) is 48.0 Å². The second-order valence-electron chi connectivity index (χ2n) is 5.86. The lowest BCUT2D eigenvalue weighted by Gasteiger charge is -2.38. The summed E-state index contributed by atoms with van der Waals surface area (Å²) < 4.78 is 0. The van der Waals surface area contributed by atoms with E-state index in [1.807, 2.05) is 0 Å². The molecule has 4 heteroatoms. The highest BCUT2D eigenvalue weighted by Gasteiger charge is 2.24. The van der Waals surface area contributed by atoms with Crippen molar-refractivity contribution in [3.8, 4) is 0 Å². The number of fused-ring (bicyclic) bond motifs is 1. The van der Waals surface area contributed by atoms with Crippen molar-refractivity contribution in [3.63, 3.8) is 0 Å². The van der Waals surface area contributed by atoms with Gasteiger partial charge in [-0.25, -0.2) is 0 Å². The molecule has 0 bridgehead atoms. The molecule has 2 aromatic rings. The van der Waals surface area contributed by atoms with Gasteiger partial charge in [-0.1, -0.05) is 36.4 Å². The number of aliphatic hydroxyl groups is 1. The van der Waals surface area contributed by atoms with Crippen molar-refractivity contribution in [2.24, 2.45) is 0 Å². The van der Waals surface area contributed by atoms with E-state index in [-0.39, 0.29) is 12.5 Å². The van der Waals surface area contributed by atoms with Crippen molar-refractivity contribution >= 4 is 16.7 Å². The number of rotatable bonds is 3. The van der Waals surface area contributed by atoms with Gasteiger partial charge in [0, 0.05) is 32.2 Å². The van der Waals surface area contributed by atoms with Gasteiger partial charge in [0.1, 0.15) is 6.61 Å². The molecule has 1 amide bonds. The second kappa shape index (κ2) is 6.46. The molecular weight excluding hydrogens is 276 g/mol. The molecule has 0 radical (unpaired) electrons. The van der Waals surface area contributed by atoms with Crippen molar-refractivity contribution in [1.29, 1.82) is 0 Å². The summed E-state index contributed by atoms with van der Waals surface area (Å²) in [6.07, 6.45) is 0. The number of hydrogen-bond acceptors (Lipinski definition) is 3. The zero-order valence-electron chi connectivity index (χ0n) is 12.9. The quantitative estimate of drug-likeness (QED) is 0.943. The van der Waals surface area contributed by atoms with Crippen LogP contribution in [-0.2, 0) is 4.79 Å². The van der Waals surface area contributed by atoms with E-state index in [0.29, 0.717) is 19.1 Å². The van der Waals surface area contributed by atoms with Crippen LogP contribution in [0.4, 0.5) is 0 Å². The normalized spacial score (nSPS) is 17.6. The van der Waals surface area contributed by atoms with Crippen molar-refractivity contribution in [2.45, 2.75) is 13.0 Å². The first-order chi connectivity index (χ1) is 10.7. The van der Waals surface area contributed by atoms with Gasteiger partial charge in [-0.3, -0.25) is 9.69 Å². The molecule has 0 spiro atoms. The number of nitrogens with zero attached hydrogens (tertiary/aromatic N) is 2. The smallest absolute Gasteiger partial charge is 0.248 e. The summed E-state index contributed by atoms with van der Waals surface area (Å²) in [7, 11) is 0. The number of carbonyl (C=O) groups excluding carboxylic acids is 1. The van der Waals surface area contributed by atoms with Crippen LogP contribution in [0.3, 0.4) is 0 Å². The van der Waals surface area contributed by atoms with Crippen LogP contribution >= 0.6 is 0 Å². The molecule has 1 aliphatic rings. The van der Waals surface area contributed by atoms with Gasteiger partial charge in [0.05, 0.1) is 0 Å². The summed E-state index contributed by atoms with van der Waals surface area (Å²) in [4.78, 5) is 15.7. The van der Waals surface area contributed by atoms with Crippen molar-refractivity contribution in [2.75, 3.05) is 32.8 Å². The average molecular weight is 298 g/mol. The van der Waals surface area contributed by atoms with E-state index in [4.69, 9.17) is 5.11 Å². The molecule has 1 heterocycles. The molecule has 116 valence electrons. The molecule has 22 heavy (non-hydrogen) atoms. The highest BCUT2D eigenvalue weighted by Crippen LogP contribution is 2.25. The highest BCUT2D eigenvalue weighted by molar-refractivity contribution is 5.83. The Morgan fingerprint density at radius 3 is 2.45 bits per heavy atom. The maximum absolute atomic E-state index is 11.5. The van der Waals surface area contributed by atoms with E-state index >= 15 is 0 Å². The zero-order valence-corrected chi connectivity index (χ0v) is 12.9. The second-order valence-corrected chi connectivity index (χ2v) is 5.86. The standard InChI is InChI=1S/C18H22N2O2/c1-14(19-8-10-20(11-9-19)18(22)13-21)16-7-6-15-4-2-3-5-17(15)12-16/h2-7,12,14,21H,8-11,13H2,1H3. The molecule has 1 atom stereocenters. The Bertz CT molecular complexity index is 663. The van der Waals surface area contributed by atoms with Crippen LogP contribution < -0.4 is 0 Å². The van der Waals surface area contributed by atoms with Gasteiger partial charge >= 0.3 is 0 Å². The fourth-order valence-electron chi connectivity index (χ4n) is 3.14. The maximum atomic E-state index is 11.5. The monoisotopic (exact) mass is 298 g/mol. The first-order valence-corrected chi connectivity index (χ1v) is 7.80. The minimum atomic E-state index is -0.389. The molecule has 1 N–H and O–H groups in total. The van der Waals surface area contributed by atoms with Gasteiger partial charge in [0.2, 0.25) is 5.91 Å². The van der Waals surface area contributed by atoms with E-state index in [1.165, 1.54) is 16.3 Å². The summed E-state index contributed by atoms with van der Waals surface area (Å²) in [6, 6.07) is 15.3. The Hall–Kier alpha value is -1.91. The topological polar surface area (TPSA) is 43.8 Å². The van der Waals surface area contributed by atoms with E-state index in [0.717, 1.165) is 13.1 Å². The highest BCUT2D eigenvalue weighted by atomic mass is 16.3. The van der Waals surface area contributed by atoms with Crippen molar-refractivity contribution in [1.82, 2.24) is 9.80 Å². The Morgan fingerprint density at radius 1 is 1.09 bits per heavy atom. The van der Waals surface area contributed by atoms with Gasteiger partial charge in [0.25, 0.3) is 0 Å². The third-order valence-corrected chi connectivity index (χ3v) is 4.61. The van der Waals surface area contributed by atoms with Crippen LogP contribution in [0.1, 0.15) is 18.5 Å². The predicted molar refractivity (Wildman–Crippen MR) is 87.6 cm³/mol. The lowest BCUT2D eigenvalue weighted by Crippen LogP contribution is -2.50. The number of piperazine rings is 1. The summed E-state index contributed by atoms with van der Waals surface area (Å²) >= 11 is 0. The number of amides is 1. The van der Waals surface area contributed by atoms with Crippen LogP contribution in [0.25, 0.3) is 10.8 Å². The third-order valence-electron chi connectivity index (χ3n) is 4.61. The summed E-state index contributed by atoms with van der Waals surface area (Å²) in [5, 5.41) is 11.5. The molecule has 3 rings (SSSR count). The molecule has 0 saturated carbocycles. The van der Waals surface area contributed by atoms with Crippen LogP contribution in [0.5, 0.6) is 0 Å². The molecule has 1 aliphatic heterocycles. The van der Waals surface area contributed by atoms with Gasteiger partial charge in [-0.2, -0.15) is 0 Å². The Morgan fingerprint density at radius 2 is 1.77 bits per heavy atom. The van der Waals surface area contributed by atoms with Crippen LogP contribution in [-0.4, -0.2) is 53.6 Å². The van der Waals surface area contributed by atoms with Gasteiger partial charge in [0.15, 0.2) is 0 Å². The SMILES string of the molecule is CC(c1ccc2ccccc2c1)N1CCN(C(=O)CO)CC1. The molecule has 0 aromatic heterocycles. The van der Waals surface area contributed by atoms with Crippen LogP contribution in [0.15, 0.2) is 42.5 Å². The van der Waals surface area contributed by atoms with E-state index in [9.17, 15) is 4.79 Å². The Balaban J connectivity index is 1.71. The molecule has 1 saturated heterocycles. The van der Waals surface area contributed by atoms with Gasteiger partial charge < -0.3 is 10.0 Å². The fourth-order valence-corrected chi connectivity index (χ4v) is 3.14. The predicted octanol–water partition coefficient (Wildman–Crippen LogP) is 2.04. The lowest BCUT2D eigenvalue weighted by molar-refractivity contribution is -0.136. The van der Waals surface area contributed by atoms with E-state index < -0.39 is 0 Å². The Kier molecular flexibility index (Phi) is 4.41. The molecule has 2 aromatic carbocycles. The summed E-state index contributed by atoms with van der Waals surface area (Å²) in [6.45, 7) is 4.90. The molecular formula is C18H22N2O2. The number of carbonyl (C=O) groups is 1. The minimum absolute atomic E-state index is 0.169. The molecule has 0 aliphatic carbocycles. The summed E-state index contributed by atoms with van der Waals surface area (Å²) in [5.41, 5.74) is 1.31. The molecule has 4 nitrogen and oxygen atoms in total. The molecule has 1 unspecified atom stereocenters. The lowest BCUT2D eigenvalue weighted by atomic mass is 10.0. The Labute approximate surface area is 131 Å². The van der Waals surface area contributed by atoms with Crippen LogP contribution in [0.2, 0.25) is 0 Å². The molecule has 1 fully saturated rings. The van der Waals surface area contributed by atoms with Gasteiger partial charge in [-0.05, 0) is 29.3 Å². The number of hydrogen-bond donors (Lipinski definition) is 1. The third kappa shape index (κ3) is 2.98. The largest absolute Gasteiger partial charge is 0.387 e. The van der Waals surface area contributed by atoms with Crippen LogP contribution in [0, 0.1) is 0 Å². The van der Waals surface area contributed by atoms with Gasteiger partial charge in [-0.15, -0.1) is 0 Å². The number of aliphatic hydroxyl groups excluding tert-OH is 1. The zero-order chi connectivity index (χ0) is 15.5.